The van der Waals surface area contributed by atoms with Gasteiger partial charge in [-0.15, -0.1) is 0 Å². The van der Waals surface area contributed by atoms with E-state index < -0.39 is 13.9 Å². The molecule has 0 rings (SSSR count). The van der Waals surface area contributed by atoms with Gasteiger partial charge in [0.2, 0.25) is 0 Å². The van der Waals surface area contributed by atoms with E-state index in [0.717, 1.165) is 32.1 Å². The number of rotatable bonds is 49. The quantitative estimate of drug-likeness (QED) is 0.0269. The van der Waals surface area contributed by atoms with Crippen LogP contribution in [0.2, 0.25) is 0 Å². The van der Waals surface area contributed by atoms with E-state index in [9.17, 15) is 14.3 Å². The fourth-order valence-electron chi connectivity index (χ4n) is 7.46. The van der Waals surface area contributed by atoms with Gasteiger partial charge >= 0.3 is 13.8 Å². The summed E-state index contributed by atoms with van der Waals surface area (Å²) in [6.45, 7) is 4.98. The maximum atomic E-state index is 12.6. The molecule has 0 aliphatic rings. The fraction of sp³-hybridized carbons (Fsp3) is 0.939. The lowest BCUT2D eigenvalue weighted by Gasteiger charge is -2.20. The summed E-state index contributed by atoms with van der Waals surface area (Å²) in [5.41, 5.74) is 5.39. The molecule has 9 heteroatoms. The smallest absolute Gasteiger partial charge is 0.457 e. The SMILES string of the molecule is CCCCCCCCC/C=C\CCCCCCCCCC(=O)OC(COCCCCCCCCCCCCCCCCCCCCCCC)COP(=O)(O)OCCN. The summed E-state index contributed by atoms with van der Waals surface area (Å²) in [6.07, 6.45) is 52.4. The minimum atomic E-state index is -4.28. The Labute approximate surface area is 360 Å². The van der Waals surface area contributed by atoms with Gasteiger partial charge in [-0.05, 0) is 38.5 Å². The highest BCUT2D eigenvalue weighted by molar-refractivity contribution is 7.47. The molecule has 0 aromatic heterocycles. The van der Waals surface area contributed by atoms with Crippen molar-refractivity contribution in [2.24, 2.45) is 5.73 Å². The van der Waals surface area contributed by atoms with Crippen LogP contribution >= 0.6 is 7.82 Å². The van der Waals surface area contributed by atoms with Crippen LogP contribution in [0.4, 0.5) is 0 Å². The van der Waals surface area contributed by atoms with Crippen LogP contribution in [0, 0.1) is 0 Å². The predicted octanol–water partition coefficient (Wildman–Crippen LogP) is 15.4. The van der Waals surface area contributed by atoms with Crippen LogP contribution in [0.5, 0.6) is 0 Å². The van der Waals surface area contributed by atoms with Gasteiger partial charge in [-0.2, -0.15) is 0 Å². The van der Waals surface area contributed by atoms with Crippen molar-refractivity contribution in [2.75, 3.05) is 33.0 Å². The van der Waals surface area contributed by atoms with E-state index in [-0.39, 0.29) is 32.3 Å². The van der Waals surface area contributed by atoms with E-state index in [0.29, 0.717) is 13.0 Å². The first-order valence-corrected chi connectivity index (χ1v) is 26.7. The summed E-state index contributed by atoms with van der Waals surface area (Å²) in [5.74, 6) is -0.329. The number of ether oxygens (including phenoxy) is 2. The van der Waals surface area contributed by atoms with Gasteiger partial charge in [0.15, 0.2) is 0 Å². The minimum absolute atomic E-state index is 0.0926. The molecule has 0 saturated heterocycles. The molecule has 2 atom stereocenters. The topological polar surface area (TPSA) is 117 Å². The van der Waals surface area contributed by atoms with Gasteiger partial charge in [0.05, 0.1) is 19.8 Å². The summed E-state index contributed by atoms with van der Waals surface area (Å²) >= 11 is 0. The Morgan fingerprint density at radius 2 is 0.862 bits per heavy atom. The highest BCUT2D eigenvalue weighted by Crippen LogP contribution is 2.43. The Balaban J connectivity index is 3.91. The Bertz CT molecular complexity index is 904. The summed E-state index contributed by atoms with van der Waals surface area (Å²) in [6, 6.07) is 0. The fourth-order valence-corrected chi connectivity index (χ4v) is 8.23. The lowest BCUT2D eigenvalue weighted by Crippen LogP contribution is -2.28. The lowest BCUT2D eigenvalue weighted by molar-refractivity contribution is -0.154. The Hall–Kier alpha value is -0.760. The molecule has 0 bridgehead atoms. The van der Waals surface area contributed by atoms with Crippen molar-refractivity contribution in [1.82, 2.24) is 0 Å². The largest absolute Gasteiger partial charge is 0.472 e. The number of carbonyl (C=O) groups is 1. The number of unbranched alkanes of at least 4 members (excludes halogenated alkanes) is 34. The third-order valence-electron chi connectivity index (χ3n) is 11.2. The van der Waals surface area contributed by atoms with Crippen LogP contribution in [-0.2, 0) is 27.9 Å². The molecule has 0 spiro atoms. The number of hydrogen-bond donors (Lipinski definition) is 2. The molecule has 3 N–H and O–H groups in total. The molecule has 0 saturated carbocycles. The van der Waals surface area contributed by atoms with E-state index in [1.165, 1.54) is 205 Å². The zero-order valence-corrected chi connectivity index (χ0v) is 39.5. The third-order valence-corrected chi connectivity index (χ3v) is 12.2. The molecular formula is C49H98NO7P. The molecule has 0 aliphatic carbocycles. The zero-order valence-electron chi connectivity index (χ0n) is 38.6. The standard InChI is InChI=1S/C49H98NO7P/c1-3-5-7-9-11-13-15-17-19-21-23-24-25-27-29-31-33-35-37-39-41-44-54-46-48(47-56-58(52,53)55-45-43-50)57-49(51)42-40-38-36-34-32-30-28-26-22-20-18-16-14-12-10-8-6-4-2/h20,22,48H,3-19,21,23-47,50H2,1-2H3,(H,52,53)/b22-20-. The number of carbonyl (C=O) groups excluding carboxylic acids is 1. The molecule has 0 fully saturated rings. The summed E-state index contributed by atoms with van der Waals surface area (Å²) < 4.78 is 33.6. The van der Waals surface area contributed by atoms with Gasteiger partial charge < -0.3 is 20.1 Å². The molecule has 2 unspecified atom stereocenters. The average Bonchev–Trinajstić information content (AvgIpc) is 3.21. The maximum absolute atomic E-state index is 12.6. The molecule has 0 amide bonds. The minimum Gasteiger partial charge on any atom is -0.457 e. The van der Waals surface area contributed by atoms with Crippen molar-refractivity contribution >= 4 is 13.8 Å². The van der Waals surface area contributed by atoms with Crippen LogP contribution in [0.25, 0.3) is 0 Å². The van der Waals surface area contributed by atoms with Gasteiger partial charge in [0.25, 0.3) is 0 Å². The van der Waals surface area contributed by atoms with Crippen LogP contribution in [0.15, 0.2) is 12.2 Å². The summed E-state index contributed by atoms with van der Waals surface area (Å²) in [7, 11) is -4.28. The van der Waals surface area contributed by atoms with E-state index in [1.807, 2.05) is 0 Å². The van der Waals surface area contributed by atoms with Gasteiger partial charge in [-0.3, -0.25) is 13.8 Å². The first-order chi connectivity index (χ1) is 28.4. The molecule has 0 radical (unpaired) electrons. The number of phosphoric acid groups is 1. The zero-order chi connectivity index (χ0) is 42.3. The molecule has 0 aromatic carbocycles. The normalized spacial score (nSPS) is 13.4. The van der Waals surface area contributed by atoms with E-state index >= 15 is 0 Å². The highest BCUT2D eigenvalue weighted by Gasteiger charge is 2.25. The van der Waals surface area contributed by atoms with Crippen molar-refractivity contribution in [3.63, 3.8) is 0 Å². The third kappa shape index (κ3) is 46.3. The second-order valence-corrected chi connectivity index (χ2v) is 18.5. The molecule has 0 heterocycles. The molecule has 346 valence electrons. The van der Waals surface area contributed by atoms with Gasteiger partial charge in [-0.25, -0.2) is 4.57 Å². The Kier molecular flexibility index (Phi) is 46.7. The molecular weight excluding hydrogens is 746 g/mol. The van der Waals surface area contributed by atoms with E-state index in [2.05, 4.69) is 26.0 Å². The van der Waals surface area contributed by atoms with Crippen LogP contribution < -0.4 is 5.73 Å². The van der Waals surface area contributed by atoms with Gasteiger partial charge in [-0.1, -0.05) is 225 Å². The van der Waals surface area contributed by atoms with E-state index in [4.69, 9.17) is 24.3 Å². The van der Waals surface area contributed by atoms with Crippen molar-refractivity contribution < 1.29 is 32.8 Å². The van der Waals surface area contributed by atoms with Crippen molar-refractivity contribution in [3.05, 3.63) is 12.2 Å². The van der Waals surface area contributed by atoms with E-state index in [1.54, 1.807) is 0 Å². The number of nitrogens with two attached hydrogens (primary N) is 1. The van der Waals surface area contributed by atoms with Crippen molar-refractivity contribution in [3.8, 4) is 0 Å². The van der Waals surface area contributed by atoms with Crippen LogP contribution in [0.3, 0.4) is 0 Å². The van der Waals surface area contributed by atoms with Crippen LogP contribution in [-0.4, -0.2) is 49.9 Å². The summed E-state index contributed by atoms with van der Waals surface area (Å²) in [5, 5.41) is 0. The summed E-state index contributed by atoms with van der Waals surface area (Å²) in [4.78, 5) is 22.6. The van der Waals surface area contributed by atoms with Crippen molar-refractivity contribution in [1.29, 1.82) is 0 Å². The van der Waals surface area contributed by atoms with Crippen LogP contribution in [0.1, 0.15) is 258 Å². The Morgan fingerprint density at radius 1 is 0.500 bits per heavy atom. The number of hydrogen-bond acceptors (Lipinski definition) is 7. The number of phosphoric ester groups is 1. The Morgan fingerprint density at radius 3 is 1.26 bits per heavy atom. The number of esters is 1. The second kappa shape index (κ2) is 47.3. The monoisotopic (exact) mass is 844 g/mol. The molecule has 58 heavy (non-hydrogen) atoms. The number of allylic oxidation sites excluding steroid dienone is 2. The predicted molar refractivity (Wildman–Crippen MR) is 247 cm³/mol. The first kappa shape index (κ1) is 57.2. The second-order valence-electron chi connectivity index (χ2n) is 17.0. The van der Waals surface area contributed by atoms with Gasteiger partial charge in [0.1, 0.15) is 6.10 Å². The average molecular weight is 844 g/mol. The van der Waals surface area contributed by atoms with Crippen molar-refractivity contribution in [2.45, 2.75) is 264 Å². The highest BCUT2D eigenvalue weighted by atomic mass is 31.2. The maximum Gasteiger partial charge on any atom is 0.472 e. The first-order valence-electron chi connectivity index (χ1n) is 25.2. The van der Waals surface area contributed by atoms with Gasteiger partial charge in [0, 0.05) is 19.6 Å². The molecule has 8 nitrogen and oxygen atoms in total. The molecule has 0 aromatic rings. The lowest BCUT2D eigenvalue weighted by atomic mass is 10.0. The molecule has 0 aliphatic heterocycles.